The van der Waals surface area contributed by atoms with E-state index in [4.69, 9.17) is 12.3 Å². The summed E-state index contributed by atoms with van der Waals surface area (Å²) in [6, 6.07) is -2.18. The average Bonchev–Trinajstić information content (AvgIpc) is 2.53. The second-order valence-electron chi connectivity index (χ2n) is 4.03. The van der Waals surface area contributed by atoms with Gasteiger partial charge in [0.2, 0.25) is 5.91 Å². The summed E-state index contributed by atoms with van der Waals surface area (Å²) in [6.45, 7) is -0.944. The maximum absolute atomic E-state index is 12.5. The Morgan fingerprint density at radius 2 is 2.16 bits per heavy atom. The third-order valence-corrected chi connectivity index (χ3v) is 2.25. The summed E-state index contributed by atoms with van der Waals surface area (Å²) in [4.78, 5) is 23.8. The van der Waals surface area contributed by atoms with E-state index >= 15 is 0 Å². The molecule has 4 nitrogen and oxygen atoms in total. The highest BCUT2D eigenvalue weighted by molar-refractivity contribution is 5.85. The van der Waals surface area contributed by atoms with E-state index in [2.05, 4.69) is 4.74 Å². The van der Waals surface area contributed by atoms with Crippen LogP contribution >= 0.6 is 0 Å². The van der Waals surface area contributed by atoms with E-state index in [0.717, 1.165) is 0 Å². The summed E-state index contributed by atoms with van der Waals surface area (Å²) in [5.41, 5.74) is -0.638. The van der Waals surface area contributed by atoms with E-state index in [0.29, 0.717) is 0 Å². The average molecular weight is 272 g/mol. The fraction of sp³-hybridized carbons (Fsp3) is 0.467. The molecule has 0 heterocycles. The Labute approximate surface area is 126 Å². The Morgan fingerprint density at radius 1 is 1.47 bits per heavy atom. The standard InChI is InChI=1S/C15H21NO3/c1-11-4-6-13(7-5-11)9-16-15(18)14(10-19-3)8-12(2)17/h4-7,14H,8-10H2,1-3H3,(H,16,18)/i3D3,4D,5D,6D,7D,9D2. The van der Waals surface area contributed by atoms with Gasteiger partial charge in [-0.05, 0) is 19.4 Å². The number of carbonyl (C=O) groups is 2. The van der Waals surface area contributed by atoms with Crippen molar-refractivity contribution in [3.63, 3.8) is 0 Å². The lowest BCUT2D eigenvalue weighted by molar-refractivity contribution is -0.130. The minimum Gasteiger partial charge on any atom is -0.384 e. The van der Waals surface area contributed by atoms with Gasteiger partial charge in [0.1, 0.15) is 5.78 Å². The number of ether oxygens (including phenoxy) is 1. The van der Waals surface area contributed by atoms with Crippen molar-refractivity contribution in [2.45, 2.75) is 26.8 Å². The molecule has 0 bridgehead atoms. The second kappa shape index (κ2) is 7.69. The van der Waals surface area contributed by atoms with E-state index in [1.165, 1.54) is 13.8 Å². The molecule has 0 saturated heterocycles. The van der Waals surface area contributed by atoms with Crippen LogP contribution in [0.25, 0.3) is 0 Å². The van der Waals surface area contributed by atoms with Crippen molar-refractivity contribution >= 4 is 11.7 Å². The number of rotatable bonds is 7. The first-order valence-corrected chi connectivity index (χ1v) is 5.61. The summed E-state index contributed by atoms with van der Waals surface area (Å²) in [5.74, 6) is -2.82. The number of benzene rings is 1. The van der Waals surface area contributed by atoms with Crippen molar-refractivity contribution in [1.29, 1.82) is 0 Å². The number of Topliss-reactive ketones (excluding diaryl/α,β-unsaturated/α-hetero) is 1. The number of methoxy groups -OCH3 is 1. The zero-order chi connectivity index (χ0) is 22.0. The molecule has 0 aliphatic carbocycles. The maximum Gasteiger partial charge on any atom is 0.226 e. The summed E-state index contributed by atoms with van der Waals surface area (Å²) in [5, 5.41) is 1.94. The van der Waals surface area contributed by atoms with Crippen molar-refractivity contribution in [3.05, 3.63) is 35.3 Å². The highest BCUT2D eigenvalue weighted by Crippen LogP contribution is 2.07. The highest BCUT2D eigenvalue weighted by atomic mass is 16.5. The van der Waals surface area contributed by atoms with Crippen molar-refractivity contribution in [2.24, 2.45) is 5.92 Å². The maximum atomic E-state index is 12.5. The Bertz CT molecular complexity index is 748. The first-order valence-electron chi connectivity index (χ1n) is 10.1. The van der Waals surface area contributed by atoms with Gasteiger partial charge in [-0.15, -0.1) is 0 Å². The van der Waals surface area contributed by atoms with Crippen LogP contribution < -0.4 is 5.32 Å². The van der Waals surface area contributed by atoms with E-state index in [9.17, 15) is 9.59 Å². The number of hydrogen-bond acceptors (Lipinski definition) is 3. The van der Waals surface area contributed by atoms with Crippen LogP contribution in [-0.2, 0) is 20.8 Å². The number of hydrogen-bond donors (Lipinski definition) is 1. The van der Waals surface area contributed by atoms with Crippen LogP contribution in [0.4, 0.5) is 0 Å². The molecular weight excluding hydrogens is 242 g/mol. The third kappa shape index (κ3) is 5.66. The molecule has 0 aliphatic heterocycles. The van der Waals surface area contributed by atoms with Crippen molar-refractivity contribution in [3.8, 4) is 0 Å². The van der Waals surface area contributed by atoms with E-state index in [1.54, 1.807) is 0 Å². The molecule has 1 amide bonds. The molecule has 1 aromatic carbocycles. The van der Waals surface area contributed by atoms with E-state index in [-0.39, 0.29) is 5.56 Å². The lowest BCUT2D eigenvalue weighted by Gasteiger charge is -2.14. The smallest absolute Gasteiger partial charge is 0.226 e. The number of carbonyl (C=O) groups excluding carboxylic acids is 2. The molecule has 0 radical (unpaired) electrons. The van der Waals surface area contributed by atoms with Crippen molar-refractivity contribution in [1.82, 2.24) is 5.32 Å². The number of nitrogens with one attached hydrogen (secondary N) is 1. The van der Waals surface area contributed by atoms with Gasteiger partial charge in [-0.1, -0.05) is 29.7 Å². The Hall–Kier alpha value is -1.68. The highest BCUT2D eigenvalue weighted by Gasteiger charge is 2.19. The van der Waals surface area contributed by atoms with Crippen LogP contribution in [0.5, 0.6) is 0 Å². The molecule has 0 aromatic heterocycles. The fourth-order valence-electron chi connectivity index (χ4n) is 1.34. The summed E-state index contributed by atoms with van der Waals surface area (Å²) >= 11 is 0. The van der Waals surface area contributed by atoms with Gasteiger partial charge in [-0.3, -0.25) is 4.79 Å². The van der Waals surface area contributed by atoms with Crippen molar-refractivity contribution in [2.75, 3.05) is 13.6 Å². The summed E-state index contributed by atoms with van der Waals surface area (Å²) < 4.78 is 73.2. The molecule has 1 atom stereocenters. The van der Waals surface area contributed by atoms with E-state index < -0.39 is 73.9 Å². The van der Waals surface area contributed by atoms with Crippen LogP contribution in [0, 0.1) is 12.8 Å². The minimum atomic E-state index is -2.81. The molecule has 0 fully saturated rings. The van der Waals surface area contributed by atoms with Gasteiger partial charge >= 0.3 is 0 Å². The second-order valence-corrected chi connectivity index (χ2v) is 4.03. The summed E-state index contributed by atoms with van der Waals surface area (Å²) in [7, 11) is -2.81. The van der Waals surface area contributed by atoms with Gasteiger partial charge in [-0.25, -0.2) is 0 Å². The SMILES string of the molecule is [2H]c1c([2H])c(C([2H])([2H])NC(=O)C(COC([2H])([2H])[2H])CC(C)=O)c([2H])c([2H])c1C. The molecule has 1 N–H and O–H groups in total. The lowest BCUT2D eigenvalue weighted by Crippen LogP contribution is -2.33. The van der Waals surface area contributed by atoms with Crippen LogP contribution in [-0.4, -0.2) is 25.3 Å². The van der Waals surface area contributed by atoms with Crippen LogP contribution in [0.2, 0.25) is 0 Å². The molecule has 1 unspecified atom stereocenters. The Morgan fingerprint density at radius 3 is 2.74 bits per heavy atom. The summed E-state index contributed by atoms with van der Waals surface area (Å²) in [6.07, 6.45) is -0.402. The predicted molar refractivity (Wildman–Crippen MR) is 73.7 cm³/mol. The zero-order valence-corrected chi connectivity index (χ0v) is 10.7. The molecule has 104 valence electrons. The molecule has 0 aliphatic rings. The van der Waals surface area contributed by atoms with Crippen LogP contribution in [0.3, 0.4) is 0 Å². The zero-order valence-electron chi connectivity index (χ0n) is 19.7. The van der Waals surface area contributed by atoms with Crippen molar-refractivity contribution < 1.29 is 26.7 Å². The van der Waals surface area contributed by atoms with Crippen LogP contribution in [0.15, 0.2) is 24.2 Å². The monoisotopic (exact) mass is 272 g/mol. The third-order valence-electron chi connectivity index (χ3n) is 2.25. The Balaban J connectivity index is 3.22. The van der Waals surface area contributed by atoms with Gasteiger partial charge in [0.05, 0.1) is 24.9 Å². The first-order chi connectivity index (χ1) is 12.6. The van der Waals surface area contributed by atoms with E-state index in [1.807, 2.05) is 5.32 Å². The number of ketones is 1. The first kappa shape index (κ1) is 6.66. The van der Waals surface area contributed by atoms with Gasteiger partial charge in [0.25, 0.3) is 0 Å². The normalized spacial score (nSPS) is 20.2. The van der Waals surface area contributed by atoms with Crippen LogP contribution in [0.1, 0.15) is 36.8 Å². The molecule has 1 aromatic rings. The largest absolute Gasteiger partial charge is 0.384 e. The molecule has 0 spiro atoms. The molecule has 1 rings (SSSR count). The Kier molecular flexibility index (Phi) is 2.69. The van der Waals surface area contributed by atoms with Gasteiger partial charge in [0.15, 0.2) is 0 Å². The molecule has 19 heavy (non-hydrogen) atoms. The minimum absolute atomic E-state index is 0.0291. The molecule has 4 heteroatoms. The quantitative estimate of drug-likeness (QED) is 0.824. The van der Waals surface area contributed by atoms with Gasteiger partial charge < -0.3 is 14.8 Å². The number of amides is 1. The molecular formula is C15H21NO3. The molecule has 0 saturated carbocycles. The fourth-order valence-corrected chi connectivity index (χ4v) is 1.34. The van der Waals surface area contributed by atoms with Gasteiger partial charge in [0, 0.05) is 20.0 Å². The van der Waals surface area contributed by atoms with Gasteiger partial charge in [-0.2, -0.15) is 0 Å². The predicted octanol–water partition coefficient (Wildman–Crippen LogP) is 1.85. The lowest BCUT2D eigenvalue weighted by atomic mass is 10.0. The topological polar surface area (TPSA) is 55.4 Å².